The number of methoxy groups -OCH3 is 1. The lowest BCUT2D eigenvalue weighted by Crippen LogP contribution is -2.37. The zero-order chi connectivity index (χ0) is 26.1. The summed E-state index contributed by atoms with van der Waals surface area (Å²) in [6.07, 6.45) is 4.51. The molecule has 4 aromatic rings. The van der Waals surface area contributed by atoms with E-state index in [9.17, 15) is 9.90 Å². The Morgan fingerprint density at radius 2 is 1.68 bits per heavy atom. The number of likely N-dealkylation sites (tertiary alicyclic amines) is 1. The van der Waals surface area contributed by atoms with Crippen LogP contribution in [0.4, 0.5) is 0 Å². The lowest BCUT2D eigenvalue weighted by Gasteiger charge is -2.26. The molecule has 0 saturated carbocycles. The van der Waals surface area contributed by atoms with Crippen LogP contribution in [0.5, 0.6) is 11.5 Å². The maximum Gasteiger partial charge on any atom is 0.255 e. The van der Waals surface area contributed by atoms with Crippen molar-refractivity contribution in [3.8, 4) is 45.1 Å². The fourth-order valence-corrected chi connectivity index (χ4v) is 5.62. The van der Waals surface area contributed by atoms with Crippen LogP contribution >= 0.6 is 0 Å². The van der Waals surface area contributed by atoms with Gasteiger partial charge in [-0.2, -0.15) is 5.10 Å². The van der Waals surface area contributed by atoms with Crippen molar-refractivity contribution < 1.29 is 14.6 Å². The van der Waals surface area contributed by atoms with Gasteiger partial charge in [0.25, 0.3) is 5.91 Å². The Morgan fingerprint density at radius 1 is 1.00 bits per heavy atom. The van der Waals surface area contributed by atoms with Crippen molar-refractivity contribution in [3.63, 3.8) is 0 Å². The second kappa shape index (κ2) is 10.3. The van der Waals surface area contributed by atoms with Crippen LogP contribution in [0.1, 0.15) is 40.7 Å². The van der Waals surface area contributed by atoms with Crippen LogP contribution in [0, 0.1) is 0 Å². The monoisotopic (exact) mass is 508 g/mol. The smallest absolute Gasteiger partial charge is 0.255 e. The minimum absolute atomic E-state index is 0.111. The number of nitrogens with one attached hydrogen (secondary N) is 2. The summed E-state index contributed by atoms with van der Waals surface area (Å²) in [4.78, 5) is 15.5. The van der Waals surface area contributed by atoms with Crippen LogP contribution in [0.2, 0.25) is 0 Å². The molecule has 2 aliphatic rings. The molecule has 1 fully saturated rings. The standard InChI is InChI=1S/C31H32N4O3/c1-38-28-18-23-17-27-29(22-7-5-20(6-8-22)21-9-11-24(36)12-10-21)33-34-30(27)25(23)19-26(28)31(37)32-13-16-35-14-3-2-4-15-35/h5-12,18-19,36H,2-4,13-17H2,1H3,(H,32,37)(H,33,34). The van der Waals surface area contributed by atoms with Gasteiger partial charge in [-0.1, -0.05) is 42.8 Å². The van der Waals surface area contributed by atoms with Crippen molar-refractivity contribution in [1.29, 1.82) is 0 Å². The summed E-state index contributed by atoms with van der Waals surface area (Å²) in [6, 6.07) is 19.4. The van der Waals surface area contributed by atoms with Gasteiger partial charge >= 0.3 is 0 Å². The quantitative estimate of drug-likeness (QED) is 0.280. The van der Waals surface area contributed by atoms with Gasteiger partial charge in [0.2, 0.25) is 0 Å². The van der Waals surface area contributed by atoms with Crippen molar-refractivity contribution in [3.05, 3.63) is 77.4 Å². The van der Waals surface area contributed by atoms with Crippen molar-refractivity contribution in [2.75, 3.05) is 33.3 Å². The zero-order valence-electron chi connectivity index (χ0n) is 21.6. The van der Waals surface area contributed by atoms with E-state index in [0.717, 1.165) is 70.8 Å². The van der Waals surface area contributed by atoms with Gasteiger partial charge in [-0.3, -0.25) is 9.89 Å². The molecule has 194 valence electrons. The van der Waals surface area contributed by atoms with E-state index in [-0.39, 0.29) is 11.7 Å². The Hall–Kier alpha value is -4.10. The first-order chi connectivity index (χ1) is 18.6. The maximum atomic E-state index is 13.1. The molecule has 3 aromatic carbocycles. The molecular formula is C31H32N4O3. The third-order valence-corrected chi connectivity index (χ3v) is 7.69. The molecule has 7 heteroatoms. The highest BCUT2D eigenvalue weighted by molar-refractivity contribution is 5.99. The minimum Gasteiger partial charge on any atom is -0.508 e. The highest BCUT2D eigenvalue weighted by atomic mass is 16.5. The van der Waals surface area contributed by atoms with Crippen LogP contribution in [0.3, 0.4) is 0 Å². The van der Waals surface area contributed by atoms with Gasteiger partial charge in [-0.15, -0.1) is 0 Å². The summed E-state index contributed by atoms with van der Waals surface area (Å²) in [5, 5.41) is 20.5. The number of hydrogen-bond donors (Lipinski definition) is 3. The Bertz CT molecular complexity index is 1450. The lowest BCUT2D eigenvalue weighted by atomic mass is 10.0. The van der Waals surface area contributed by atoms with Gasteiger partial charge < -0.3 is 20.1 Å². The number of carbonyl (C=O) groups is 1. The molecule has 1 amide bonds. The molecule has 7 nitrogen and oxygen atoms in total. The number of phenolic OH excluding ortho intramolecular Hbond substituents is 1. The highest BCUT2D eigenvalue weighted by Crippen LogP contribution is 2.42. The van der Waals surface area contributed by atoms with Gasteiger partial charge in [0.05, 0.1) is 24.1 Å². The molecule has 1 aliphatic carbocycles. The number of hydrogen-bond acceptors (Lipinski definition) is 5. The van der Waals surface area contributed by atoms with Crippen molar-refractivity contribution in [1.82, 2.24) is 20.4 Å². The van der Waals surface area contributed by atoms with E-state index < -0.39 is 0 Å². The summed E-state index contributed by atoms with van der Waals surface area (Å²) in [6.45, 7) is 3.72. The second-order valence-corrected chi connectivity index (χ2v) is 10.1. The van der Waals surface area contributed by atoms with Crippen molar-refractivity contribution >= 4 is 5.91 Å². The topological polar surface area (TPSA) is 90.5 Å². The third kappa shape index (κ3) is 4.65. The number of rotatable bonds is 7. The number of carbonyl (C=O) groups excluding carboxylic acids is 1. The minimum atomic E-state index is -0.111. The number of piperidine rings is 1. The Balaban J connectivity index is 1.21. The molecule has 0 spiro atoms. The van der Waals surface area contributed by atoms with E-state index in [4.69, 9.17) is 4.74 Å². The summed E-state index contributed by atoms with van der Waals surface area (Å²) in [7, 11) is 1.61. The summed E-state index contributed by atoms with van der Waals surface area (Å²) < 4.78 is 5.63. The fourth-order valence-electron chi connectivity index (χ4n) is 5.62. The van der Waals surface area contributed by atoms with Gasteiger partial charge in [0.1, 0.15) is 11.5 Å². The number of amides is 1. The molecule has 1 aliphatic heterocycles. The predicted molar refractivity (Wildman–Crippen MR) is 149 cm³/mol. The second-order valence-electron chi connectivity index (χ2n) is 10.1. The summed E-state index contributed by atoms with van der Waals surface area (Å²) >= 11 is 0. The maximum absolute atomic E-state index is 13.1. The van der Waals surface area contributed by atoms with Crippen molar-refractivity contribution in [2.24, 2.45) is 0 Å². The van der Waals surface area contributed by atoms with E-state index >= 15 is 0 Å². The molecule has 0 radical (unpaired) electrons. The summed E-state index contributed by atoms with van der Waals surface area (Å²) in [5.41, 5.74) is 8.82. The number of benzene rings is 3. The molecule has 1 aromatic heterocycles. The van der Waals surface area contributed by atoms with Gasteiger partial charge in [0.15, 0.2) is 0 Å². The first kappa shape index (κ1) is 24.2. The van der Waals surface area contributed by atoms with E-state index in [2.05, 4.69) is 44.7 Å². The van der Waals surface area contributed by atoms with E-state index in [1.54, 1.807) is 19.2 Å². The number of aromatic nitrogens is 2. The first-order valence-corrected chi connectivity index (χ1v) is 13.3. The van der Waals surface area contributed by atoms with E-state index in [1.807, 2.05) is 24.3 Å². The molecule has 38 heavy (non-hydrogen) atoms. The molecule has 1 saturated heterocycles. The molecule has 6 rings (SSSR count). The Morgan fingerprint density at radius 3 is 2.39 bits per heavy atom. The van der Waals surface area contributed by atoms with Crippen LogP contribution in [0.25, 0.3) is 33.6 Å². The number of ether oxygens (including phenoxy) is 1. The number of aromatic hydroxyl groups is 1. The third-order valence-electron chi connectivity index (χ3n) is 7.69. The number of fused-ring (bicyclic) bond motifs is 3. The molecule has 0 bridgehead atoms. The van der Waals surface area contributed by atoms with E-state index in [0.29, 0.717) is 17.9 Å². The average Bonchev–Trinajstić information content (AvgIpc) is 3.52. The van der Waals surface area contributed by atoms with Crippen LogP contribution in [0.15, 0.2) is 60.7 Å². The molecule has 2 heterocycles. The molecule has 0 unspecified atom stereocenters. The fraction of sp³-hybridized carbons (Fsp3) is 0.290. The average molecular weight is 509 g/mol. The van der Waals surface area contributed by atoms with Crippen LogP contribution in [-0.4, -0.2) is 59.4 Å². The summed E-state index contributed by atoms with van der Waals surface area (Å²) in [5.74, 6) is 0.739. The van der Waals surface area contributed by atoms with Gasteiger partial charge in [0, 0.05) is 36.2 Å². The number of nitrogens with zero attached hydrogens (tertiary/aromatic N) is 2. The lowest BCUT2D eigenvalue weighted by molar-refractivity contribution is 0.0943. The van der Waals surface area contributed by atoms with Crippen LogP contribution in [-0.2, 0) is 6.42 Å². The molecule has 0 atom stereocenters. The molecule has 3 N–H and O–H groups in total. The number of phenols is 1. The van der Waals surface area contributed by atoms with Gasteiger partial charge in [-0.25, -0.2) is 0 Å². The predicted octanol–water partition coefficient (Wildman–Crippen LogP) is 5.24. The van der Waals surface area contributed by atoms with Gasteiger partial charge in [-0.05, 0) is 66.9 Å². The van der Waals surface area contributed by atoms with Crippen molar-refractivity contribution in [2.45, 2.75) is 25.7 Å². The zero-order valence-corrected chi connectivity index (χ0v) is 21.6. The largest absolute Gasteiger partial charge is 0.508 e. The van der Waals surface area contributed by atoms with Crippen LogP contribution < -0.4 is 10.1 Å². The number of aromatic amines is 1. The normalized spacial score (nSPS) is 14.7. The Kier molecular flexibility index (Phi) is 6.60. The SMILES string of the molecule is COc1cc2c(cc1C(=O)NCCN1CCCCC1)-c1[nH]nc(-c3ccc(-c4ccc(O)cc4)cc3)c1C2. The van der Waals surface area contributed by atoms with E-state index in [1.165, 1.54) is 19.3 Å². The first-order valence-electron chi connectivity index (χ1n) is 13.3. The molecular weight excluding hydrogens is 476 g/mol. The number of H-pyrrole nitrogens is 1. The Labute approximate surface area is 222 Å². The highest BCUT2D eigenvalue weighted by Gasteiger charge is 2.28.